The smallest absolute Gasteiger partial charge is 0.303 e. The first kappa shape index (κ1) is 21.8. The lowest BCUT2D eigenvalue weighted by Gasteiger charge is -2.44. The zero-order valence-electron chi connectivity index (χ0n) is 16.2. The highest BCUT2D eigenvalue weighted by molar-refractivity contribution is 5.94. The summed E-state index contributed by atoms with van der Waals surface area (Å²) in [5.41, 5.74) is 0.443. The fourth-order valence-corrected chi connectivity index (χ4v) is 3.03. The second kappa shape index (κ2) is 10.2. The van der Waals surface area contributed by atoms with Gasteiger partial charge in [-0.05, 0) is 12.1 Å². The first-order chi connectivity index (χ1) is 13.4. The summed E-state index contributed by atoms with van der Waals surface area (Å²) in [6.45, 7) is 2.34. The van der Waals surface area contributed by atoms with Crippen molar-refractivity contribution in [3.8, 4) is 0 Å². The van der Waals surface area contributed by atoms with Gasteiger partial charge in [0.1, 0.15) is 24.9 Å². The molecule has 0 aliphatic carbocycles. The Morgan fingerprint density at radius 2 is 1.68 bits per heavy atom. The molecule has 5 atom stereocenters. The van der Waals surface area contributed by atoms with E-state index in [4.69, 9.17) is 23.7 Å². The molecular weight excluding hydrogens is 370 g/mol. The van der Waals surface area contributed by atoms with Crippen LogP contribution in [0.5, 0.6) is 0 Å². The molecule has 1 aromatic rings. The van der Waals surface area contributed by atoms with Gasteiger partial charge in [-0.2, -0.15) is 0 Å². The normalized spacial score (nSPS) is 26.9. The van der Waals surface area contributed by atoms with Gasteiger partial charge in [0.2, 0.25) is 0 Å². The van der Waals surface area contributed by atoms with Crippen molar-refractivity contribution in [3.63, 3.8) is 0 Å². The van der Waals surface area contributed by atoms with Crippen molar-refractivity contribution in [2.45, 2.75) is 44.5 Å². The molecule has 28 heavy (non-hydrogen) atoms. The lowest BCUT2D eigenvalue weighted by atomic mass is 9.96. The largest absolute Gasteiger partial charge is 0.463 e. The van der Waals surface area contributed by atoms with Gasteiger partial charge in [-0.15, -0.1) is 0 Å². The van der Waals surface area contributed by atoms with E-state index in [1.54, 1.807) is 30.3 Å². The van der Waals surface area contributed by atoms with Gasteiger partial charge in [0, 0.05) is 33.6 Å². The number of methoxy groups -OCH3 is 2. The van der Waals surface area contributed by atoms with Crippen LogP contribution in [0.2, 0.25) is 0 Å². The Morgan fingerprint density at radius 3 is 2.21 bits per heavy atom. The van der Waals surface area contributed by atoms with Crippen molar-refractivity contribution in [2.24, 2.45) is 0 Å². The molecule has 0 unspecified atom stereocenters. The topological polar surface area (TPSA) is 109 Å². The van der Waals surface area contributed by atoms with E-state index in [-0.39, 0.29) is 12.5 Å². The maximum Gasteiger partial charge on any atom is 0.303 e. The third kappa shape index (κ3) is 5.51. The predicted molar refractivity (Wildman–Crippen MR) is 96.4 cm³/mol. The molecule has 1 amide bonds. The minimum atomic E-state index is -0.922. The van der Waals surface area contributed by atoms with Crippen molar-refractivity contribution >= 4 is 17.8 Å². The third-order valence-corrected chi connectivity index (χ3v) is 4.24. The Hall–Kier alpha value is -2.49. The predicted octanol–water partition coefficient (Wildman–Crippen LogP) is 0.666. The molecule has 1 aliphatic heterocycles. The number of benzene rings is 1. The van der Waals surface area contributed by atoms with Crippen LogP contribution in [0.4, 0.5) is 0 Å². The van der Waals surface area contributed by atoms with Crippen molar-refractivity contribution in [3.05, 3.63) is 35.9 Å². The van der Waals surface area contributed by atoms with Crippen molar-refractivity contribution in [1.82, 2.24) is 5.32 Å². The Kier molecular flexibility index (Phi) is 7.91. The fraction of sp³-hybridized carbons (Fsp3) is 0.526. The molecule has 1 saturated heterocycles. The zero-order valence-corrected chi connectivity index (χ0v) is 16.2. The number of nitrogens with one attached hydrogen (secondary N) is 1. The van der Waals surface area contributed by atoms with Gasteiger partial charge in [0.05, 0.1) is 0 Å². The number of ether oxygens (including phenoxy) is 5. The van der Waals surface area contributed by atoms with Crippen LogP contribution in [-0.2, 0) is 33.3 Å². The molecule has 1 fully saturated rings. The van der Waals surface area contributed by atoms with Gasteiger partial charge >= 0.3 is 11.9 Å². The highest BCUT2D eigenvalue weighted by Gasteiger charge is 2.49. The summed E-state index contributed by atoms with van der Waals surface area (Å²) in [6, 6.07) is 7.83. The number of esters is 2. The van der Waals surface area contributed by atoms with E-state index < -0.39 is 42.6 Å². The summed E-state index contributed by atoms with van der Waals surface area (Å²) >= 11 is 0. The monoisotopic (exact) mass is 395 g/mol. The van der Waals surface area contributed by atoms with Gasteiger partial charge in [-0.1, -0.05) is 18.2 Å². The van der Waals surface area contributed by atoms with Gasteiger partial charge in [0.25, 0.3) is 5.91 Å². The first-order valence-electron chi connectivity index (χ1n) is 8.75. The molecular formula is C19H25NO8. The summed E-state index contributed by atoms with van der Waals surface area (Å²) in [5, 5.41) is 2.81. The molecule has 1 aliphatic rings. The van der Waals surface area contributed by atoms with Crippen molar-refractivity contribution in [2.75, 3.05) is 20.8 Å². The van der Waals surface area contributed by atoms with E-state index in [0.717, 1.165) is 0 Å². The van der Waals surface area contributed by atoms with E-state index in [1.165, 1.54) is 28.1 Å². The molecule has 1 heterocycles. The molecule has 9 heteroatoms. The molecule has 0 spiro atoms. The summed E-state index contributed by atoms with van der Waals surface area (Å²) < 4.78 is 27.1. The van der Waals surface area contributed by atoms with Crippen LogP contribution < -0.4 is 5.32 Å². The molecule has 0 radical (unpaired) electrons. The lowest BCUT2D eigenvalue weighted by Crippen LogP contribution is -2.66. The molecule has 2 rings (SSSR count). The Morgan fingerprint density at radius 1 is 1.00 bits per heavy atom. The minimum absolute atomic E-state index is 0.160. The quantitative estimate of drug-likeness (QED) is 0.671. The van der Waals surface area contributed by atoms with Gasteiger partial charge in [-0.25, -0.2) is 0 Å². The molecule has 0 aromatic heterocycles. The second-order valence-corrected chi connectivity index (χ2v) is 6.22. The lowest BCUT2D eigenvalue weighted by molar-refractivity contribution is -0.271. The molecule has 9 nitrogen and oxygen atoms in total. The Labute approximate surface area is 163 Å². The van der Waals surface area contributed by atoms with Crippen LogP contribution in [0.3, 0.4) is 0 Å². The number of rotatable bonds is 7. The number of carbonyl (C=O) groups excluding carboxylic acids is 3. The standard InChI is InChI=1S/C19H25NO8/c1-11(21)26-10-14-16(27-12(2)22)17(24-3)15(19(25-4)28-14)20-18(23)13-8-6-5-7-9-13/h5-9,14-17,19H,10H2,1-4H3,(H,20,23)/t14-,15-,16-,17-,19+/m0/s1. The zero-order chi connectivity index (χ0) is 20.7. The van der Waals surface area contributed by atoms with E-state index >= 15 is 0 Å². The number of hydrogen-bond donors (Lipinski definition) is 1. The fourth-order valence-electron chi connectivity index (χ4n) is 3.03. The van der Waals surface area contributed by atoms with Crippen LogP contribution in [0.1, 0.15) is 24.2 Å². The summed E-state index contributed by atoms with van der Waals surface area (Å²) in [7, 11) is 2.83. The Bertz CT molecular complexity index is 680. The van der Waals surface area contributed by atoms with Gasteiger partial charge < -0.3 is 29.0 Å². The molecule has 1 N–H and O–H groups in total. The third-order valence-electron chi connectivity index (χ3n) is 4.24. The molecule has 1 aromatic carbocycles. The summed E-state index contributed by atoms with van der Waals surface area (Å²) in [6.07, 6.45) is -3.46. The average Bonchev–Trinajstić information content (AvgIpc) is 2.67. The van der Waals surface area contributed by atoms with Gasteiger partial charge in [-0.3, -0.25) is 14.4 Å². The maximum atomic E-state index is 12.6. The molecule has 0 bridgehead atoms. The summed E-state index contributed by atoms with van der Waals surface area (Å²) in [4.78, 5) is 35.4. The highest BCUT2D eigenvalue weighted by Crippen LogP contribution is 2.27. The minimum Gasteiger partial charge on any atom is -0.463 e. The number of amides is 1. The Balaban J connectivity index is 2.26. The SMILES string of the molecule is CO[C@@H]1O[C@@H](COC(C)=O)[C@H](OC(C)=O)[C@@H](OC)[C@@H]1NC(=O)c1ccccc1. The van der Waals surface area contributed by atoms with E-state index in [2.05, 4.69) is 5.32 Å². The van der Waals surface area contributed by atoms with Crippen LogP contribution in [0, 0.1) is 0 Å². The first-order valence-corrected chi connectivity index (χ1v) is 8.75. The van der Waals surface area contributed by atoms with Crippen molar-refractivity contribution < 1.29 is 38.1 Å². The molecule has 0 saturated carbocycles. The van der Waals surface area contributed by atoms with E-state index in [9.17, 15) is 14.4 Å². The maximum absolute atomic E-state index is 12.6. The van der Waals surface area contributed by atoms with E-state index in [1.807, 2.05) is 0 Å². The van der Waals surface area contributed by atoms with Crippen LogP contribution in [0.15, 0.2) is 30.3 Å². The van der Waals surface area contributed by atoms with E-state index in [0.29, 0.717) is 5.56 Å². The number of carbonyl (C=O) groups is 3. The average molecular weight is 395 g/mol. The van der Waals surface area contributed by atoms with Crippen LogP contribution in [-0.4, -0.2) is 69.3 Å². The van der Waals surface area contributed by atoms with Gasteiger partial charge in [0.15, 0.2) is 12.4 Å². The number of hydrogen-bond acceptors (Lipinski definition) is 8. The van der Waals surface area contributed by atoms with Crippen molar-refractivity contribution in [1.29, 1.82) is 0 Å². The second-order valence-electron chi connectivity index (χ2n) is 6.22. The summed E-state index contributed by atoms with van der Waals surface area (Å²) in [5.74, 6) is -1.43. The highest BCUT2D eigenvalue weighted by atomic mass is 16.7. The van der Waals surface area contributed by atoms with Crippen LogP contribution in [0.25, 0.3) is 0 Å². The van der Waals surface area contributed by atoms with Crippen LogP contribution >= 0.6 is 0 Å². The molecule has 154 valence electrons.